The molecule has 0 radical (unpaired) electrons. The lowest BCUT2D eigenvalue weighted by atomic mass is 10.0. The van der Waals surface area contributed by atoms with Crippen molar-refractivity contribution in [3.63, 3.8) is 0 Å². The van der Waals surface area contributed by atoms with Gasteiger partial charge in [0.15, 0.2) is 0 Å². The molecule has 5 heteroatoms. The zero-order valence-corrected chi connectivity index (χ0v) is 12.9. The summed E-state index contributed by atoms with van der Waals surface area (Å²) in [5, 5.41) is 6.20. The van der Waals surface area contributed by atoms with Gasteiger partial charge in [0.25, 0.3) is 0 Å². The van der Waals surface area contributed by atoms with Gasteiger partial charge in [0.1, 0.15) is 12.4 Å². The molecule has 2 N–H and O–H groups in total. The third-order valence-corrected chi connectivity index (χ3v) is 3.56. The summed E-state index contributed by atoms with van der Waals surface area (Å²) < 4.78 is 5.63. The van der Waals surface area contributed by atoms with Crippen molar-refractivity contribution in [2.75, 3.05) is 39.1 Å². The largest absolute Gasteiger partial charge is 0.492 e. The number of benzene rings is 1. The predicted molar refractivity (Wildman–Crippen MR) is 84.8 cm³/mol. The number of hydrogen-bond donors (Lipinski definition) is 2. The fourth-order valence-corrected chi connectivity index (χ4v) is 2.29. The van der Waals surface area contributed by atoms with Crippen LogP contribution in [0.3, 0.4) is 0 Å². The van der Waals surface area contributed by atoms with Gasteiger partial charge in [-0.15, -0.1) is 0 Å². The molecule has 0 bridgehead atoms. The Labute approximate surface area is 126 Å². The number of ether oxygens (including phenoxy) is 1. The van der Waals surface area contributed by atoms with Gasteiger partial charge in [-0.05, 0) is 57.7 Å². The summed E-state index contributed by atoms with van der Waals surface area (Å²) >= 11 is 0. The molecule has 1 atom stereocenters. The Morgan fingerprint density at radius 3 is 2.71 bits per heavy atom. The summed E-state index contributed by atoms with van der Waals surface area (Å²) in [5.74, 6) is 0.876. The Hall–Kier alpha value is -1.59. The van der Waals surface area contributed by atoms with Crippen LogP contribution < -0.4 is 15.4 Å². The number of nitrogens with zero attached hydrogens (tertiary/aromatic N) is 1. The number of carbonyl (C=O) groups is 1. The van der Waals surface area contributed by atoms with Gasteiger partial charge in [-0.3, -0.25) is 4.79 Å². The average Bonchev–Trinajstić information content (AvgIpc) is 2.49. The summed E-state index contributed by atoms with van der Waals surface area (Å²) in [5.41, 5.74) is 0.812. The lowest BCUT2D eigenvalue weighted by Crippen LogP contribution is -2.43. The molecule has 1 aromatic rings. The van der Waals surface area contributed by atoms with E-state index in [-0.39, 0.29) is 11.9 Å². The number of anilines is 1. The first-order valence-electron chi connectivity index (χ1n) is 7.57. The standard InChI is InChI=1S/C16H25N3O2/c1-19(2)11-12-21-14-8-6-13(7-9-14)18-16(20)15-5-3-4-10-17-15/h6-9,15,17H,3-5,10-12H2,1-2H3,(H,18,20)/t15-/m1/s1. The third kappa shape index (κ3) is 5.36. The van der Waals surface area contributed by atoms with E-state index in [4.69, 9.17) is 4.74 Å². The number of piperidine rings is 1. The molecule has 1 fully saturated rings. The number of carbonyl (C=O) groups excluding carboxylic acids is 1. The van der Waals surface area contributed by atoms with Gasteiger partial charge in [0.05, 0.1) is 6.04 Å². The summed E-state index contributed by atoms with van der Waals surface area (Å²) in [6, 6.07) is 7.48. The van der Waals surface area contributed by atoms with Gasteiger partial charge in [0.2, 0.25) is 5.91 Å². The first-order chi connectivity index (χ1) is 10.1. The van der Waals surface area contributed by atoms with E-state index < -0.39 is 0 Å². The number of rotatable bonds is 6. The van der Waals surface area contributed by atoms with E-state index in [9.17, 15) is 4.79 Å². The van der Waals surface area contributed by atoms with Crippen molar-refractivity contribution in [1.29, 1.82) is 0 Å². The van der Waals surface area contributed by atoms with Crippen molar-refractivity contribution in [3.8, 4) is 5.75 Å². The SMILES string of the molecule is CN(C)CCOc1ccc(NC(=O)[C@H]2CCCCN2)cc1. The Balaban J connectivity index is 1.80. The van der Waals surface area contributed by atoms with E-state index in [1.165, 1.54) is 0 Å². The predicted octanol–water partition coefficient (Wildman–Crippen LogP) is 1.71. The molecule has 0 aliphatic carbocycles. The van der Waals surface area contributed by atoms with E-state index in [0.717, 1.165) is 43.8 Å². The number of hydrogen-bond acceptors (Lipinski definition) is 4. The van der Waals surface area contributed by atoms with Crippen LogP contribution in [0.4, 0.5) is 5.69 Å². The maximum atomic E-state index is 12.1. The van der Waals surface area contributed by atoms with Crippen molar-refractivity contribution in [2.45, 2.75) is 25.3 Å². The van der Waals surface area contributed by atoms with Gasteiger partial charge < -0.3 is 20.3 Å². The molecule has 0 spiro atoms. The minimum atomic E-state index is -0.0604. The highest BCUT2D eigenvalue weighted by atomic mass is 16.5. The van der Waals surface area contributed by atoms with E-state index in [0.29, 0.717) is 6.61 Å². The van der Waals surface area contributed by atoms with Crippen LogP contribution in [0.15, 0.2) is 24.3 Å². The molecule has 0 saturated carbocycles. The molecule has 2 rings (SSSR count). The molecule has 21 heavy (non-hydrogen) atoms. The van der Waals surface area contributed by atoms with E-state index >= 15 is 0 Å². The highest BCUT2D eigenvalue weighted by Crippen LogP contribution is 2.17. The van der Waals surface area contributed by atoms with Crippen molar-refractivity contribution in [3.05, 3.63) is 24.3 Å². The highest BCUT2D eigenvalue weighted by molar-refractivity contribution is 5.94. The van der Waals surface area contributed by atoms with E-state index in [1.807, 2.05) is 38.4 Å². The number of likely N-dealkylation sites (N-methyl/N-ethyl adjacent to an activating group) is 1. The quantitative estimate of drug-likeness (QED) is 0.838. The van der Waals surface area contributed by atoms with Crippen LogP contribution in [0.25, 0.3) is 0 Å². The topological polar surface area (TPSA) is 53.6 Å². The minimum Gasteiger partial charge on any atom is -0.492 e. The third-order valence-electron chi connectivity index (χ3n) is 3.56. The van der Waals surface area contributed by atoms with Crippen LogP contribution >= 0.6 is 0 Å². The fraction of sp³-hybridized carbons (Fsp3) is 0.562. The van der Waals surface area contributed by atoms with Crippen LogP contribution in [0.1, 0.15) is 19.3 Å². The first-order valence-corrected chi connectivity index (χ1v) is 7.57. The van der Waals surface area contributed by atoms with Crippen molar-refractivity contribution in [1.82, 2.24) is 10.2 Å². The molecule has 0 unspecified atom stereocenters. The molecule has 0 aromatic heterocycles. The fourth-order valence-electron chi connectivity index (χ4n) is 2.29. The van der Waals surface area contributed by atoms with E-state index in [2.05, 4.69) is 15.5 Å². The number of amides is 1. The minimum absolute atomic E-state index is 0.0518. The highest BCUT2D eigenvalue weighted by Gasteiger charge is 2.20. The molecule has 1 heterocycles. The van der Waals surface area contributed by atoms with Gasteiger partial charge >= 0.3 is 0 Å². The normalized spacial score (nSPS) is 18.5. The lowest BCUT2D eigenvalue weighted by molar-refractivity contribution is -0.118. The second-order valence-electron chi connectivity index (χ2n) is 5.67. The van der Waals surface area contributed by atoms with Gasteiger partial charge in [-0.2, -0.15) is 0 Å². The molecule has 5 nitrogen and oxygen atoms in total. The maximum Gasteiger partial charge on any atom is 0.241 e. The summed E-state index contributed by atoms with van der Waals surface area (Å²) in [6.07, 6.45) is 3.18. The van der Waals surface area contributed by atoms with E-state index in [1.54, 1.807) is 0 Å². The first kappa shape index (κ1) is 15.8. The Kier molecular flexibility index (Phi) is 6.02. The second-order valence-corrected chi connectivity index (χ2v) is 5.67. The molecular weight excluding hydrogens is 266 g/mol. The molecule has 1 aliphatic rings. The zero-order chi connectivity index (χ0) is 15.1. The molecular formula is C16H25N3O2. The van der Waals surface area contributed by atoms with Gasteiger partial charge in [-0.1, -0.05) is 6.42 Å². The average molecular weight is 291 g/mol. The smallest absolute Gasteiger partial charge is 0.241 e. The second kappa shape index (κ2) is 8.00. The molecule has 1 aliphatic heterocycles. The van der Waals surface area contributed by atoms with Crippen molar-refractivity contribution in [2.24, 2.45) is 0 Å². The van der Waals surface area contributed by atoms with Crippen molar-refractivity contribution >= 4 is 11.6 Å². The van der Waals surface area contributed by atoms with Crippen LogP contribution in [0, 0.1) is 0 Å². The van der Waals surface area contributed by atoms with Gasteiger partial charge in [-0.25, -0.2) is 0 Å². The summed E-state index contributed by atoms with van der Waals surface area (Å²) in [7, 11) is 4.03. The monoisotopic (exact) mass is 291 g/mol. The van der Waals surface area contributed by atoms with Crippen LogP contribution in [-0.4, -0.2) is 50.6 Å². The molecule has 1 saturated heterocycles. The zero-order valence-electron chi connectivity index (χ0n) is 12.9. The van der Waals surface area contributed by atoms with Crippen LogP contribution in [0.2, 0.25) is 0 Å². The molecule has 1 aromatic carbocycles. The molecule has 116 valence electrons. The summed E-state index contributed by atoms with van der Waals surface area (Å²) in [4.78, 5) is 14.2. The Bertz CT molecular complexity index is 439. The maximum absolute atomic E-state index is 12.1. The Morgan fingerprint density at radius 1 is 1.33 bits per heavy atom. The van der Waals surface area contributed by atoms with Crippen molar-refractivity contribution < 1.29 is 9.53 Å². The summed E-state index contributed by atoms with van der Waals surface area (Å²) in [6.45, 7) is 2.47. The van der Waals surface area contributed by atoms with Gasteiger partial charge in [0, 0.05) is 12.2 Å². The molecule has 1 amide bonds. The lowest BCUT2D eigenvalue weighted by Gasteiger charge is -2.22. The van der Waals surface area contributed by atoms with Crippen LogP contribution in [-0.2, 0) is 4.79 Å². The van der Waals surface area contributed by atoms with Crippen LogP contribution in [0.5, 0.6) is 5.75 Å². The number of nitrogens with one attached hydrogen (secondary N) is 2. The Morgan fingerprint density at radius 2 is 2.10 bits per heavy atom.